The first-order valence-corrected chi connectivity index (χ1v) is 6.51. The predicted octanol–water partition coefficient (Wildman–Crippen LogP) is 3.08. The minimum atomic E-state index is 0.118. The number of aryl methyl sites for hydroxylation is 1. The minimum absolute atomic E-state index is 0.118. The van der Waals surface area contributed by atoms with Gasteiger partial charge in [0.05, 0.1) is 6.54 Å². The van der Waals surface area contributed by atoms with Gasteiger partial charge < -0.3 is 5.32 Å². The second kappa shape index (κ2) is 6.85. The molecule has 1 N–H and O–H groups in total. The van der Waals surface area contributed by atoms with Crippen molar-refractivity contribution in [2.75, 3.05) is 5.88 Å². The molecule has 1 heterocycles. The van der Waals surface area contributed by atoms with Gasteiger partial charge in [-0.15, -0.1) is 22.9 Å². The van der Waals surface area contributed by atoms with Crippen molar-refractivity contribution in [3.63, 3.8) is 0 Å². The quantitative estimate of drug-likeness (QED) is 0.606. The summed E-state index contributed by atoms with van der Waals surface area (Å²) in [7, 11) is 0. The molecule has 15 heavy (non-hydrogen) atoms. The molecule has 1 amide bonds. The van der Waals surface area contributed by atoms with Crippen molar-refractivity contribution in [2.24, 2.45) is 0 Å². The Morgan fingerprint density at radius 2 is 2.33 bits per heavy atom. The van der Waals surface area contributed by atoms with Crippen LogP contribution in [0.1, 0.15) is 29.7 Å². The number of carbonyl (C=O) groups is 1. The molecule has 0 atom stereocenters. The van der Waals surface area contributed by atoms with Gasteiger partial charge in [-0.2, -0.15) is 0 Å². The molecule has 1 aromatic rings. The van der Waals surface area contributed by atoms with Gasteiger partial charge in [-0.1, -0.05) is 0 Å². The summed E-state index contributed by atoms with van der Waals surface area (Å²) in [6.45, 7) is 2.72. The second-order valence-corrected chi connectivity index (χ2v) is 4.83. The molecule has 0 aliphatic rings. The number of nitrogens with one attached hydrogen (secondary N) is 1. The van der Waals surface area contributed by atoms with Crippen LogP contribution in [0.15, 0.2) is 11.4 Å². The van der Waals surface area contributed by atoms with Crippen molar-refractivity contribution < 1.29 is 4.79 Å². The van der Waals surface area contributed by atoms with Crippen LogP contribution in [0.2, 0.25) is 0 Å². The molecule has 0 saturated carbocycles. The molecular weight excluding hydrogens is 230 g/mol. The number of unbranched alkanes of at least 4 members (excludes halogenated alkanes) is 1. The van der Waals surface area contributed by atoms with E-state index in [2.05, 4.69) is 18.3 Å². The number of thiophene rings is 1. The number of halogens is 1. The van der Waals surface area contributed by atoms with Crippen LogP contribution in [0.5, 0.6) is 0 Å². The van der Waals surface area contributed by atoms with E-state index in [0.717, 1.165) is 12.8 Å². The minimum Gasteiger partial charge on any atom is -0.351 e. The van der Waals surface area contributed by atoms with Crippen LogP contribution in [-0.4, -0.2) is 11.8 Å². The van der Waals surface area contributed by atoms with Crippen molar-refractivity contribution in [3.05, 3.63) is 21.9 Å². The SMILES string of the molecule is Cc1ccsc1CNC(=O)CCCCCl. The Labute approximate surface area is 99.6 Å². The summed E-state index contributed by atoms with van der Waals surface area (Å²) in [5, 5.41) is 4.96. The van der Waals surface area contributed by atoms with Crippen molar-refractivity contribution >= 4 is 28.8 Å². The molecule has 0 saturated heterocycles. The smallest absolute Gasteiger partial charge is 0.220 e. The van der Waals surface area contributed by atoms with Gasteiger partial charge in [-0.3, -0.25) is 4.79 Å². The normalized spacial score (nSPS) is 10.3. The molecule has 0 fully saturated rings. The lowest BCUT2D eigenvalue weighted by molar-refractivity contribution is -0.121. The first-order valence-electron chi connectivity index (χ1n) is 5.09. The van der Waals surface area contributed by atoms with Crippen molar-refractivity contribution in [3.8, 4) is 0 Å². The Hall–Kier alpha value is -0.540. The number of hydrogen-bond acceptors (Lipinski definition) is 2. The molecule has 0 radical (unpaired) electrons. The van der Waals surface area contributed by atoms with Crippen LogP contribution in [0.25, 0.3) is 0 Å². The molecule has 0 aliphatic heterocycles. The van der Waals surface area contributed by atoms with Crippen LogP contribution >= 0.6 is 22.9 Å². The summed E-state index contributed by atoms with van der Waals surface area (Å²) < 4.78 is 0. The van der Waals surface area contributed by atoms with Gasteiger partial charge in [0.1, 0.15) is 0 Å². The third kappa shape index (κ3) is 4.67. The highest BCUT2D eigenvalue weighted by Crippen LogP contribution is 2.14. The van der Waals surface area contributed by atoms with Crippen molar-refractivity contribution in [1.82, 2.24) is 5.32 Å². The Morgan fingerprint density at radius 3 is 2.93 bits per heavy atom. The topological polar surface area (TPSA) is 29.1 Å². The fourth-order valence-electron chi connectivity index (χ4n) is 1.23. The van der Waals surface area contributed by atoms with E-state index in [4.69, 9.17) is 11.6 Å². The number of amides is 1. The van der Waals surface area contributed by atoms with Crippen molar-refractivity contribution in [2.45, 2.75) is 32.7 Å². The molecule has 0 unspecified atom stereocenters. The average Bonchev–Trinajstić information content (AvgIpc) is 2.61. The first-order chi connectivity index (χ1) is 7.24. The van der Waals surface area contributed by atoms with Crippen LogP contribution in [0.4, 0.5) is 0 Å². The van der Waals surface area contributed by atoms with E-state index in [1.165, 1.54) is 10.4 Å². The maximum Gasteiger partial charge on any atom is 0.220 e. The molecule has 0 bridgehead atoms. The van der Waals surface area contributed by atoms with E-state index in [1.807, 2.05) is 5.38 Å². The standard InChI is InChI=1S/C11H16ClNOS/c1-9-5-7-15-10(9)8-13-11(14)4-2-3-6-12/h5,7H,2-4,6,8H2,1H3,(H,13,14). The van der Waals surface area contributed by atoms with Gasteiger partial charge in [0.15, 0.2) is 0 Å². The molecule has 0 aliphatic carbocycles. The van der Waals surface area contributed by atoms with E-state index in [0.29, 0.717) is 18.8 Å². The summed E-state index contributed by atoms with van der Waals surface area (Å²) in [5.74, 6) is 0.755. The maximum absolute atomic E-state index is 11.4. The molecule has 4 heteroatoms. The number of hydrogen-bond donors (Lipinski definition) is 1. The molecule has 1 rings (SSSR count). The maximum atomic E-state index is 11.4. The Bertz CT molecular complexity index is 311. The summed E-state index contributed by atoms with van der Waals surface area (Å²) >= 11 is 7.22. The lowest BCUT2D eigenvalue weighted by Gasteiger charge is -2.03. The molecule has 0 spiro atoms. The van der Waals surface area contributed by atoms with E-state index in [1.54, 1.807) is 11.3 Å². The van der Waals surface area contributed by atoms with Crippen LogP contribution in [0.3, 0.4) is 0 Å². The van der Waals surface area contributed by atoms with Gasteiger partial charge in [-0.25, -0.2) is 0 Å². The lowest BCUT2D eigenvalue weighted by atomic mass is 10.2. The molecular formula is C11H16ClNOS. The molecule has 2 nitrogen and oxygen atoms in total. The average molecular weight is 246 g/mol. The fourth-order valence-corrected chi connectivity index (χ4v) is 2.27. The van der Waals surface area contributed by atoms with E-state index in [-0.39, 0.29) is 5.91 Å². The monoisotopic (exact) mass is 245 g/mol. The zero-order valence-corrected chi connectivity index (χ0v) is 10.5. The van der Waals surface area contributed by atoms with Crippen LogP contribution in [0, 0.1) is 6.92 Å². The third-order valence-corrected chi connectivity index (χ3v) is 3.49. The number of rotatable bonds is 6. The van der Waals surface area contributed by atoms with E-state index >= 15 is 0 Å². The zero-order valence-electron chi connectivity index (χ0n) is 8.88. The van der Waals surface area contributed by atoms with Gasteiger partial charge in [0, 0.05) is 17.2 Å². The van der Waals surface area contributed by atoms with Gasteiger partial charge in [0.2, 0.25) is 5.91 Å². The van der Waals surface area contributed by atoms with Crippen LogP contribution < -0.4 is 5.32 Å². The largest absolute Gasteiger partial charge is 0.351 e. The Kier molecular flexibility index (Phi) is 5.73. The Balaban J connectivity index is 2.20. The van der Waals surface area contributed by atoms with Crippen LogP contribution in [-0.2, 0) is 11.3 Å². The lowest BCUT2D eigenvalue weighted by Crippen LogP contribution is -2.22. The van der Waals surface area contributed by atoms with E-state index in [9.17, 15) is 4.79 Å². The molecule has 84 valence electrons. The summed E-state index contributed by atoms with van der Waals surface area (Å²) in [5.41, 5.74) is 1.25. The Morgan fingerprint density at radius 1 is 1.53 bits per heavy atom. The summed E-state index contributed by atoms with van der Waals surface area (Å²) in [6, 6.07) is 2.07. The number of carbonyl (C=O) groups excluding carboxylic acids is 1. The van der Waals surface area contributed by atoms with Gasteiger partial charge in [-0.05, 0) is 36.8 Å². The number of alkyl halides is 1. The first kappa shape index (κ1) is 12.5. The van der Waals surface area contributed by atoms with Gasteiger partial charge >= 0.3 is 0 Å². The van der Waals surface area contributed by atoms with Gasteiger partial charge in [0.25, 0.3) is 0 Å². The summed E-state index contributed by atoms with van der Waals surface area (Å²) in [4.78, 5) is 12.6. The molecule has 0 aromatic carbocycles. The fraction of sp³-hybridized carbons (Fsp3) is 0.545. The highest BCUT2D eigenvalue weighted by Gasteiger charge is 2.03. The van der Waals surface area contributed by atoms with E-state index < -0.39 is 0 Å². The second-order valence-electron chi connectivity index (χ2n) is 3.45. The molecule has 1 aromatic heterocycles. The summed E-state index contributed by atoms with van der Waals surface area (Å²) in [6.07, 6.45) is 2.36. The highest BCUT2D eigenvalue weighted by molar-refractivity contribution is 7.10. The predicted molar refractivity (Wildman–Crippen MR) is 65.5 cm³/mol. The van der Waals surface area contributed by atoms with Crippen molar-refractivity contribution in [1.29, 1.82) is 0 Å². The zero-order chi connectivity index (χ0) is 11.1. The highest BCUT2D eigenvalue weighted by atomic mass is 35.5. The third-order valence-electron chi connectivity index (χ3n) is 2.20.